The number of pyridine rings is 1. The number of hydrogen-bond acceptors (Lipinski definition) is 8. The van der Waals surface area contributed by atoms with Gasteiger partial charge < -0.3 is 20.1 Å². The summed E-state index contributed by atoms with van der Waals surface area (Å²) in [5, 5.41) is 12.1. The van der Waals surface area contributed by atoms with E-state index in [1.54, 1.807) is 18.2 Å². The molecule has 2 N–H and O–H groups in total. The molecule has 0 radical (unpaired) electrons. The van der Waals surface area contributed by atoms with Gasteiger partial charge in [0.15, 0.2) is 5.65 Å². The van der Waals surface area contributed by atoms with E-state index in [4.69, 9.17) is 14.5 Å². The van der Waals surface area contributed by atoms with E-state index >= 15 is 0 Å². The second-order valence-corrected chi connectivity index (χ2v) is 11.8. The highest BCUT2D eigenvalue weighted by molar-refractivity contribution is 7.91. The molecule has 1 saturated heterocycles. The lowest BCUT2D eigenvalue weighted by Crippen LogP contribution is -2.30. The summed E-state index contributed by atoms with van der Waals surface area (Å²) in [4.78, 5) is 18.7. The van der Waals surface area contributed by atoms with E-state index in [1.165, 1.54) is 37.4 Å². The maximum atomic E-state index is 13.6. The van der Waals surface area contributed by atoms with Crippen molar-refractivity contribution in [3.63, 3.8) is 0 Å². The number of amides is 1. The lowest BCUT2D eigenvalue weighted by atomic mass is 10.0. The van der Waals surface area contributed by atoms with Crippen molar-refractivity contribution in [2.45, 2.75) is 62.0 Å². The number of nitrogens with one attached hydrogen (secondary N) is 2. The van der Waals surface area contributed by atoms with Crippen molar-refractivity contribution in [2.75, 3.05) is 25.6 Å². The predicted octanol–water partition coefficient (Wildman–Crippen LogP) is 4.38. The molecule has 0 bridgehead atoms. The largest absolute Gasteiger partial charge is 0.496 e. The summed E-state index contributed by atoms with van der Waals surface area (Å²) in [5.41, 5.74) is 3.58. The molecule has 2 aromatic heterocycles. The van der Waals surface area contributed by atoms with Crippen LogP contribution in [0.1, 0.15) is 48.3 Å². The fourth-order valence-electron chi connectivity index (χ4n) is 5.13. The Hall–Kier alpha value is -3.96. The molecule has 4 aromatic rings. The maximum absolute atomic E-state index is 13.6. The molecule has 0 atom stereocenters. The maximum Gasteiger partial charge on any atom is 0.255 e. The van der Waals surface area contributed by atoms with E-state index in [0.717, 1.165) is 40.8 Å². The summed E-state index contributed by atoms with van der Waals surface area (Å²) in [6.45, 7) is 6.31. The van der Waals surface area contributed by atoms with Gasteiger partial charge in [0.2, 0.25) is 9.84 Å². The summed E-state index contributed by atoms with van der Waals surface area (Å²) < 4.78 is 39.4. The molecule has 1 aliphatic heterocycles. The van der Waals surface area contributed by atoms with Gasteiger partial charge >= 0.3 is 0 Å². The van der Waals surface area contributed by atoms with Gasteiger partial charge in [0.1, 0.15) is 5.75 Å². The second kappa shape index (κ2) is 12.3. The zero-order chi connectivity index (χ0) is 29.0. The van der Waals surface area contributed by atoms with E-state index < -0.39 is 15.7 Å². The number of nitrogens with zero attached hydrogens (tertiary/aromatic N) is 3. The average molecular weight is 578 g/mol. The number of benzene rings is 2. The second-order valence-electron chi connectivity index (χ2n) is 9.86. The van der Waals surface area contributed by atoms with Crippen LogP contribution in [0.5, 0.6) is 5.75 Å². The van der Waals surface area contributed by atoms with Gasteiger partial charge in [-0.25, -0.2) is 18.1 Å². The summed E-state index contributed by atoms with van der Waals surface area (Å²) in [6.07, 6.45) is 4.23. The Morgan fingerprint density at radius 2 is 1.85 bits per heavy atom. The Kier molecular flexibility index (Phi) is 8.55. The number of anilines is 1. The third kappa shape index (κ3) is 5.77. The molecule has 11 heteroatoms. The van der Waals surface area contributed by atoms with E-state index in [0.29, 0.717) is 26.2 Å². The number of aryl methyl sites for hydroxylation is 2. The van der Waals surface area contributed by atoms with E-state index in [-0.39, 0.29) is 33.7 Å². The standard InChI is InChI=1S/C30H35N5O5S/c1-4-26-24(28(33-20-13-15-40-16-14-20)25-19-32-35(5-2)29(25)34-26)18-31-30(36)23-17-22(11-12-27(23)39-3)41(37,38)21-9-7-6-8-10-21/h6-12,17,19-20H,4-5,13-16,18H2,1-3H3,(H,31,36)(H,33,34). The highest BCUT2D eigenvalue weighted by Crippen LogP contribution is 2.32. The summed E-state index contributed by atoms with van der Waals surface area (Å²) in [7, 11) is -2.37. The first-order valence-electron chi connectivity index (χ1n) is 13.8. The molecule has 2 aromatic carbocycles. The van der Waals surface area contributed by atoms with Crippen molar-refractivity contribution in [3.05, 3.63) is 71.5 Å². The Labute approximate surface area is 240 Å². The number of carbonyl (C=O) groups is 1. The van der Waals surface area contributed by atoms with Gasteiger partial charge in [-0.15, -0.1) is 0 Å². The highest BCUT2D eigenvalue weighted by atomic mass is 32.2. The van der Waals surface area contributed by atoms with Crippen LogP contribution in [0.15, 0.2) is 64.5 Å². The van der Waals surface area contributed by atoms with Crippen LogP contribution in [-0.2, 0) is 34.1 Å². The van der Waals surface area contributed by atoms with Gasteiger partial charge in [-0.1, -0.05) is 25.1 Å². The predicted molar refractivity (Wildman–Crippen MR) is 156 cm³/mol. The topological polar surface area (TPSA) is 124 Å². The summed E-state index contributed by atoms with van der Waals surface area (Å²) in [5.74, 6) is -0.168. The molecular formula is C30H35N5O5S. The molecule has 41 heavy (non-hydrogen) atoms. The van der Waals surface area contributed by atoms with E-state index in [2.05, 4.69) is 15.7 Å². The van der Waals surface area contributed by atoms with E-state index in [9.17, 15) is 13.2 Å². The fraction of sp³-hybridized carbons (Fsp3) is 0.367. The minimum atomic E-state index is -3.82. The SMILES string of the molecule is CCc1nc2c(cnn2CC)c(NC2CCOCC2)c1CNC(=O)c1cc(S(=O)(=O)c2ccccc2)ccc1OC. The number of ether oxygens (including phenoxy) is 2. The van der Waals surface area contributed by atoms with Crippen LogP contribution in [0.25, 0.3) is 11.0 Å². The lowest BCUT2D eigenvalue weighted by Gasteiger charge is -2.26. The molecular weight excluding hydrogens is 542 g/mol. The first-order chi connectivity index (χ1) is 19.9. The third-order valence-electron chi connectivity index (χ3n) is 7.38. The first kappa shape index (κ1) is 28.6. The van der Waals surface area contributed by atoms with Gasteiger partial charge in [0.05, 0.1) is 39.7 Å². The molecule has 216 valence electrons. The number of fused-ring (bicyclic) bond motifs is 1. The van der Waals surface area contributed by atoms with Crippen LogP contribution >= 0.6 is 0 Å². The van der Waals surface area contributed by atoms with Crippen LogP contribution < -0.4 is 15.4 Å². The molecule has 5 rings (SSSR count). The van der Waals surface area contributed by atoms with Crippen molar-refractivity contribution in [2.24, 2.45) is 0 Å². The monoisotopic (exact) mass is 577 g/mol. The number of aromatic nitrogens is 3. The Morgan fingerprint density at radius 3 is 2.54 bits per heavy atom. The van der Waals surface area contributed by atoms with Gasteiger partial charge in [-0.2, -0.15) is 5.10 Å². The Balaban J connectivity index is 1.49. The zero-order valence-corrected chi connectivity index (χ0v) is 24.3. The highest BCUT2D eigenvalue weighted by Gasteiger charge is 2.24. The van der Waals surface area contributed by atoms with Gasteiger partial charge in [0.25, 0.3) is 5.91 Å². The van der Waals surface area contributed by atoms with Crippen LogP contribution in [0.2, 0.25) is 0 Å². The van der Waals surface area contributed by atoms with Crippen molar-refractivity contribution in [1.29, 1.82) is 0 Å². The molecule has 1 aliphatic rings. The lowest BCUT2D eigenvalue weighted by molar-refractivity contribution is 0.0904. The molecule has 10 nitrogen and oxygen atoms in total. The Bertz CT molecular complexity index is 1650. The third-order valence-corrected chi connectivity index (χ3v) is 9.15. The molecule has 3 heterocycles. The zero-order valence-electron chi connectivity index (χ0n) is 23.5. The van der Waals surface area contributed by atoms with Gasteiger partial charge in [-0.3, -0.25) is 4.79 Å². The molecule has 0 aliphatic carbocycles. The number of methoxy groups -OCH3 is 1. The number of carbonyl (C=O) groups excluding carboxylic acids is 1. The smallest absolute Gasteiger partial charge is 0.255 e. The van der Waals surface area contributed by atoms with Gasteiger partial charge in [-0.05, 0) is 56.5 Å². The molecule has 0 unspecified atom stereocenters. The summed E-state index contributed by atoms with van der Waals surface area (Å²) >= 11 is 0. The fourth-order valence-corrected chi connectivity index (χ4v) is 6.44. The van der Waals surface area contributed by atoms with Crippen LogP contribution in [-0.4, -0.2) is 55.5 Å². The molecule has 0 saturated carbocycles. The van der Waals surface area contributed by atoms with Crippen molar-refractivity contribution < 1.29 is 22.7 Å². The summed E-state index contributed by atoms with van der Waals surface area (Å²) in [6, 6.07) is 12.7. The number of sulfone groups is 1. The minimum Gasteiger partial charge on any atom is -0.496 e. The van der Waals surface area contributed by atoms with Crippen molar-refractivity contribution in [1.82, 2.24) is 20.1 Å². The normalized spacial score (nSPS) is 14.2. The molecule has 0 spiro atoms. The van der Waals surface area contributed by atoms with E-state index in [1.807, 2.05) is 24.7 Å². The quantitative estimate of drug-likeness (QED) is 0.285. The van der Waals surface area contributed by atoms with Crippen LogP contribution in [0.4, 0.5) is 5.69 Å². The van der Waals surface area contributed by atoms with Crippen molar-refractivity contribution in [3.8, 4) is 5.75 Å². The van der Waals surface area contributed by atoms with Crippen molar-refractivity contribution >= 4 is 32.5 Å². The van der Waals surface area contributed by atoms with Gasteiger partial charge in [0, 0.05) is 43.6 Å². The molecule has 1 amide bonds. The number of rotatable bonds is 10. The molecule has 1 fully saturated rings. The Morgan fingerprint density at radius 1 is 1.10 bits per heavy atom. The van der Waals surface area contributed by atoms with Crippen LogP contribution in [0.3, 0.4) is 0 Å². The first-order valence-corrected chi connectivity index (χ1v) is 15.3. The number of hydrogen-bond donors (Lipinski definition) is 2. The van der Waals surface area contributed by atoms with Crippen LogP contribution in [0, 0.1) is 0 Å². The minimum absolute atomic E-state index is 0.0147. The average Bonchev–Trinajstić information content (AvgIpc) is 3.43.